The van der Waals surface area contributed by atoms with Gasteiger partial charge in [0.2, 0.25) is 0 Å². The lowest BCUT2D eigenvalue weighted by Crippen LogP contribution is -2.37. The first-order chi connectivity index (χ1) is 6.75. The van der Waals surface area contributed by atoms with Gasteiger partial charge in [-0.3, -0.25) is 0 Å². The molecule has 4 unspecified atom stereocenters. The number of rotatable bonds is 1. The van der Waals surface area contributed by atoms with Crippen LogP contribution in [-0.4, -0.2) is 30.7 Å². The minimum Gasteiger partial charge on any atom is -0.447 e. The quantitative estimate of drug-likeness (QED) is 0.592. The molecule has 1 saturated carbocycles. The van der Waals surface area contributed by atoms with Gasteiger partial charge in [-0.15, -0.1) is 0 Å². The molecule has 1 amide bonds. The summed E-state index contributed by atoms with van der Waals surface area (Å²) in [5, 5.41) is 0. The van der Waals surface area contributed by atoms with Crippen LogP contribution >= 0.6 is 0 Å². The first kappa shape index (κ1) is 8.33. The third-order valence-corrected chi connectivity index (χ3v) is 3.99. The van der Waals surface area contributed by atoms with Crippen molar-refractivity contribution in [1.29, 1.82) is 0 Å². The highest BCUT2D eigenvalue weighted by atomic mass is 16.6. The minimum atomic E-state index is -0.151. The maximum Gasteiger partial charge on any atom is 0.409 e. The molecule has 4 atom stereocenters. The summed E-state index contributed by atoms with van der Waals surface area (Å²) in [6.07, 6.45) is 7.05. The first-order valence-corrected chi connectivity index (χ1v) is 5.33. The maximum atomic E-state index is 11.2. The molecular weight excluding hydrogens is 178 g/mol. The number of ether oxygens (including phenoxy) is 1. The highest BCUT2D eigenvalue weighted by molar-refractivity contribution is 5.69. The van der Waals surface area contributed by atoms with E-state index in [1.165, 1.54) is 12.8 Å². The molecule has 0 aromatic rings. The number of amides is 1. The Morgan fingerprint density at radius 2 is 2.29 bits per heavy atom. The van der Waals surface area contributed by atoms with E-state index in [0.29, 0.717) is 24.5 Å². The molecule has 0 radical (unpaired) electrons. The summed E-state index contributed by atoms with van der Waals surface area (Å²) < 4.78 is 5.06. The van der Waals surface area contributed by atoms with E-state index < -0.39 is 0 Å². The summed E-state index contributed by atoms with van der Waals surface area (Å²) in [5.41, 5.74) is 0. The van der Waals surface area contributed by atoms with Gasteiger partial charge in [0.25, 0.3) is 0 Å². The van der Waals surface area contributed by atoms with Crippen LogP contribution in [0, 0.1) is 17.8 Å². The highest BCUT2D eigenvalue weighted by Gasteiger charge is 2.45. The third kappa shape index (κ3) is 1.01. The topological polar surface area (TPSA) is 29.5 Å². The second kappa shape index (κ2) is 2.75. The van der Waals surface area contributed by atoms with E-state index in [-0.39, 0.29) is 6.09 Å². The summed E-state index contributed by atoms with van der Waals surface area (Å²) in [6, 6.07) is 0.322. The van der Waals surface area contributed by atoms with Crippen LogP contribution in [0.5, 0.6) is 0 Å². The Morgan fingerprint density at radius 1 is 1.43 bits per heavy atom. The van der Waals surface area contributed by atoms with Gasteiger partial charge in [-0.2, -0.15) is 0 Å². The number of hydrogen-bond donors (Lipinski definition) is 0. The Morgan fingerprint density at radius 3 is 2.79 bits per heavy atom. The van der Waals surface area contributed by atoms with Crippen LogP contribution in [-0.2, 0) is 4.74 Å². The molecule has 3 nitrogen and oxygen atoms in total. The predicted molar refractivity (Wildman–Crippen MR) is 51.7 cm³/mol. The van der Waals surface area contributed by atoms with Crippen LogP contribution < -0.4 is 0 Å². The lowest BCUT2D eigenvalue weighted by atomic mass is 9.87. The van der Waals surface area contributed by atoms with Crippen LogP contribution in [0.4, 0.5) is 4.79 Å². The van der Waals surface area contributed by atoms with Gasteiger partial charge in [0.05, 0.1) is 6.04 Å². The summed E-state index contributed by atoms with van der Waals surface area (Å²) >= 11 is 0. The molecule has 1 heterocycles. The molecule has 0 N–H and O–H groups in total. The number of hydrogen-bond acceptors (Lipinski definition) is 2. The van der Waals surface area contributed by atoms with Crippen molar-refractivity contribution in [2.45, 2.75) is 18.9 Å². The van der Waals surface area contributed by atoms with Gasteiger partial charge < -0.3 is 9.64 Å². The van der Waals surface area contributed by atoms with Crippen LogP contribution in [0.15, 0.2) is 12.2 Å². The lowest BCUT2D eigenvalue weighted by Gasteiger charge is -2.27. The molecule has 3 aliphatic rings. The third-order valence-electron chi connectivity index (χ3n) is 3.99. The van der Waals surface area contributed by atoms with Crippen LogP contribution in [0.1, 0.15) is 12.8 Å². The fourth-order valence-electron chi connectivity index (χ4n) is 3.18. The van der Waals surface area contributed by atoms with E-state index >= 15 is 0 Å². The van der Waals surface area contributed by atoms with Crippen molar-refractivity contribution < 1.29 is 9.53 Å². The van der Waals surface area contributed by atoms with E-state index in [1.807, 2.05) is 7.05 Å². The van der Waals surface area contributed by atoms with Crippen LogP contribution in [0.2, 0.25) is 0 Å². The number of nitrogens with zero attached hydrogens (tertiary/aromatic N) is 1. The molecule has 0 spiro atoms. The molecule has 3 heteroatoms. The molecular formula is C11H15NO2. The van der Waals surface area contributed by atoms with E-state index in [4.69, 9.17) is 4.74 Å². The van der Waals surface area contributed by atoms with Gasteiger partial charge in [0.1, 0.15) is 6.61 Å². The van der Waals surface area contributed by atoms with E-state index in [2.05, 4.69) is 12.2 Å². The average molecular weight is 193 g/mol. The Hall–Kier alpha value is -0.990. The van der Waals surface area contributed by atoms with Gasteiger partial charge in [-0.25, -0.2) is 4.79 Å². The summed E-state index contributed by atoms with van der Waals surface area (Å²) in [5.74, 6) is 2.11. The average Bonchev–Trinajstić information content (AvgIpc) is 2.84. The van der Waals surface area contributed by atoms with E-state index in [1.54, 1.807) is 4.90 Å². The minimum absolute atomic E-state index is 0.151. The molecule has 3 rings (SSSR count). The van der Waals surface area contributed by atoms with Crippen molar-refractivity contribution in [3.05, 3.63) is 12.2 Å². The Bertz CT molecular complexity index is 298. The highest BCUT2D eigenvalue weighted by Crippen LogP contribution is 2.46. The van der Waals surface area contributed by atoms with Crippen molar-refractivity contribution in [1.82, 2.24) is 4.90 Å². The number of cyclic esters (lactones) is 1. The first-order valence-electron chi connectivity index (χ1n) is 5.33. The number of allylic oxidation sites excluding steroid dienone is 2. The van der Waals surface area contributed by atoms with Gasteiger partial charge in [-0.1, -0.05) is 12.2 Å². The molecule has 1 saturated heterocycles. The number of carbonyl (C=O) groups excluding carboxylic acids is 1. The molecule has 0 aromatic heterocycles. The molecule has 2 aliphatic carbocycles. The van der Waals surface area contributed by atoms with Gasteiger partial charge in [-0.05, 0) is 30.6 Å². The smallest absolute Gasteiger partial charge is 0.409 e. The summed E-state index contributed by atoms with van der Waals surface area (Å²) in [4.78, 5) is 13.0. The van der Waals surface area contributed by atoms with Gasteiger partial charge in [0.15, 0.2) is 0 Å². The standard InChI is InChI=1S/C11H15NO2/c1-12-10(6-14-11(12)13)9-5-7-2-3-8(9)4-7/h2-3,7-10H,4-6H2,1H3. The fourth-order valence-corrected chi connectivity index (χ4v) is 3.18. The Balaban J connectivity index is 1.78. The number of carbonyl (C=O) groups is 1. The predicted octanol–water partition coefficient (Wildman–Crippen LogP) is 1.65. The van der Waals surface area contributed by atoms with Gasteiger partial charge in [0, 0.05) is 7.05 Å². The van der Waals surface area contributed by atoms with E-state index in [0.717, 1.165) is 5.92 Å². The Kier molecular flexibility index (Phi) is 1.64. The van der Waals surface area contributed by atoms with Crippen LogP contribution in [0.3, 0.4) is 0 Å². The second-order valence-corrected chi connectivity index (χ2v) is 4.70. The molecule has 0 aromatic carbocycles. The fraction of sp³-hybridized carbons (Fsp3) is 0.727. The van der Waals surface area contributed by atoms with E-state index in [9.17, 15) is 4.79 Å². The van der Waals surface area contributed by atoms with Gasteiger partial charge >= 0.3 is 6.09 Å². The largest absolute Gasteiger partial charge is 0.447 e. The Labute approximate surface area is 83.7 Å². The maximum absolute atomic E-state index is 11.2. The zero-order valence-electron chi connectivity index (χ0n) is 8.35. The van der Waals surface area contributed by atoms with Crippen molar-refractivity contribution in [2.24, 2.45) is 17.8 Å². The monoisotopic (exact) mass is 193 g/mol. The SMILES string of the molecule is CN1C(=O)OCC1C1CC2C=CC1C2. The number of fused-ring (bicyclic) bond motifs is 2. The molecule has 14 heavy (non-hydrogen) atoms. The van der Waals surface area contributed by atoms with Crippen molar-refractivity contribution in [2.75, 3.05) is 13.7 Å². The van der Waals surface area contributed by atoms with Crippen molar-refractivity contribution in [3.63, 3.8) is 0 Å². The molecule has 2 bridgehead atoms. The lowest BCUT2D eigenvalue weighted by molar-refractivity contribution is 0.162. The molecule has 2 fully saturated rings. The number of likely N-dealkylation sites (N-methyl/N-ethyl adjacent to an activating group) is 1. The van der Waals surface area contributed by atoms with Crippen molar-refractivity contribution in [3.8, 4) is 0 Å². The van der Waals surface area contributed by atoms with Crippen LogP contribution in [0.25, 0.3) is 0 Å². The second-order valence-electron chi connectivity index (χ2n) is 4.70. The zero-order chi connectivity index (χ0) is 9.71. The summed E-state index contributed by atoms with van der Waals surface area (Å²) in [7, 11) is 1.86. The zero-order valence-corrected chi connectivity index (χ0v) is 8.35. The molecule has 1 aliphatic heterocycles. The van der Waals surface area contributed by atoms with Crippen molar-refractivity contribution >= 4 is 6.09 Å². The summed E-state index contributed by atoms with van der Waals surface area (Å²) in [6.45, 7) is 0.594. The molecule has 76 valence electrons. The normalized spacial score (nSPS) is 44.9.